The van der Waals surface area contributed by atoms with E-state index in [1.807, 2.05) is 12.1 Å². The average molecular weight is 321 g/mol. The SMILES string of the molecule is O=C(Nc1cc(Cl)ccc1Cl)[C@H]1Cc2ccccc2CN1. The van der Waals surface area contributed by atoms with Crippen LogP contribution in [0.2, 0.25) is 10.0 Å². The summed E-state index contributed by atoms with van der Waals surface area (Å²) in [5, 5.41) is 7.09. The van der Waals surface area contributed by atoms with Crippen LogP contribution in [0.25, 0.3) is 0 Å². The molecular formula is C16H14Cl2N2O. The number of halogens is 2. The molecule has 0 aromatic heterocycles. The van der Waals surface area contributed by atoms with Crippen LogP contribution in [0.3, 0.4) is 0 Å². The van der Waals surface area contributed by atoms with Gasteiger partial charge >= 0.3 is 0 Å². The summed E-state index contributed by atoms with van der Waals surface area (Å²) in [7, 11) is 0. The molecule has 108 valence electrons. The molecular weight excluding hydrogens is 307 g/mol. The van der Waals surface area contributed by atoms with Crippen LogP contribution in [0.15, 0.2) is 42.5 Å². The number of benzene rings is 2. The number of rotatable bonds is 2. The molecule has 2 N–H and O–H groups in total. The molecule has 0 bridgehead atoms. The lowest BCUT2D eigenvalue weighted by molar-refractivity contribution is -0.118. The van der Waals surface area contributed by atoms with Crippen molar-refractivity contribution < 1.29 is 4.79 Å². The van der Waals surface area contributed by atoms with Gasteiger partial charge in [-0.15, -0.1) is 0 Å². The summed E-state index contributed by atoms with van der Waals surface area (Å²) in [6, 6.07) is 12.9. The van der Waals surface area contributed by atoms with Gasteiger partial charge in [0.05, 0.1) is 16.8 Å². The van der Waals surface area contributed by atoms with Gasteiger partial charge in [-0.3, -0.25) is 4.79 Å². The van der Waals surface area contributed by atoms with E-state index in [-0.39, 0.29) is 11.9 Å². The summed E-state index contributed by atoms with van der Waals surface area (Å²) in [5.74, 6) is -0.103. The van der Waals surface area contributed by atoms with Gasteiger partial charge in [0.2, 0.25) is 5.91 Å². The lowest BCUT2D eigenvalue weighted by Crippen LogP contribution is -2.44. The molecule has 21 heavy (non-hydrogen) atoms. The largest absolute Gasteiger partial charge is 0.323 e. The van der Waals surface area contributed by atoms with Crippen molar-refractivity contribution in [3.05, 3.63) is 63.6 Å². The highest BCUT2D eigenvalue weighted by Gasteiger charge is 2.24. The molecule has 0 saturated heterocycles. The number of nitrogens with one attached hydrogen (secondary N) is 2. The standard InChI is InChI=1S/C16H14Cl2N2O/c17-12-5-6-13(18)14(8-12)20-16(21)15-7-10-3-1-2-4-11(10)9-19-15/h1-6,8,15,19H,7,9H2,(H,20,21)/t15-/m1/s1. The van der Waals surface area contributed by atoms with Crippen LogP contribution in [0.4, 0.5) is 5.69 Å². The molecule has 3 rings (SSSR count). The van der Waals surface area contributed by atoms with Crippen LogP contribution in [0.1, 0.15) is 11.1 Å². The number of anilines is 1. The van der Waals surface area contributed by atoms with Gasteiger partial charge < -0.3 is 10.6 Å². The number of fused-ring (bicyclic) bond motifs is 1. The van der Waals surface area contributed by atoms with Gasteiger partial charge in [-0.25, -0.2) is 0 Å². The first-order valence-electron chi connectivity index (χ1n) is 6.69. The second-order valence-electron chi connectivity index (χ2n) is 5.02. The highest BCUT2D eigenvalue weighted by molar-refractivity contribution is 6.35. The summed E-state index contributed by atoms with van der Waals surface area (Å²) in [6.07, 6.45) is 0.667. The molecule has 1 amide bonds. The van der Waals surface area contributed by atoms with Crippen LogP contribution in [-0.4, -0.2) is 11.9 Å². The predicted molar refractivity (Wildman–Crippen MR) is 85.9 cm³/mol. The minimum absolute atomic E-state index is 0.103. The van der Waals surface area contributed by atoms with Crippen LogP contribution < -0.4 is 10.6 Å². The molecule has 2 aromatic rings. The van der Waals surface area contributed by atoms with Gasteiger partial charge in [-0.2, -0.15) is 0 Å². The fourth-order valence-corrected chi connectivity index (χ4v) is 2.79. The molecule has 5 heteroatoms. The van der Waals surface area contributed by atoms with Crippen LogP contribution in [0, 0.1) is 0 Å². The third-order valence-corrected chi connectivity index (χ3v) is 4.15. The topological polar surface area (TPSA) is 41.1 Å². The molecule has 0 spiro atoms. The van der Waals surface area contributed by atoms with E-state index in [1.165, 1.54) is 11.1 Å². The Morgan fingerprint density at radius 1 is 1.14 bits per heavy atom. The minimum Gasteiger partial charge on any atom is -0.323 e. The van der Waals surface area contributed by atoms with Crippen molar-refractivity contribution in [1.82, 2.24) is 5.32 Å². The van der Waals surface area contributed by atoms with Crippen molar-refractivity contribution >= 4 is 34.8 Å². The predicted octanol–water partition coefficient (Wildman–Crippen LogP) is 3.65. The fraction of sp³-hybridized carbons (Fsp3) is 0.188. The smallest absolute Gasteiger partial charge is 0.241 e. The molecule has 0 unspecified atom stereocenters. The van der Waals surface area contributed by atoms with E-state index in [0.29, 0.717) is 28.7 Å². The van der Waals surface area contributed by atoms with E-state index < -0.39 is 0 Å². The molecule has 0 aliphatic carbocycles. The van der Waals surface area contributed by atoms with Crippen LogP contribution in [-0.2, 0) is 17.8 Å². The average Bonchev–Trinajstić information content (AvgIpc) is 2.50. The highest BCUT2D eigenvalue weighted by atomic mass is 35.5. The molecule has 1 atom stereocenters. The Hall–Kier alpha value is -1.55. The first kappa shape index (κ1) is 14.4. The number of hydrogen-bond acceptors (Lipinski definition) is 2. The summed E-state index contributed by atoms with van der Waals surface area (Å²) in [6.45, 7) is 0.692. The fourth-order valence-electron chi connectivity index (χ4n) is 2.45. The summed E-state index contributed by atoms with van der Waals surface area (Å²) in [5.41, 5.74) is 2.98. The summed E-state index contributed by atoms with van der Waals surface area (Å²) >= 11 is 12.0. The van der Waals surface area contributed by atoms with Crippen molar-refractivity contribution in [2.45, 2.75) is 19.0 Å². The monoisotopic (exact) mass is 320 g/mol. The normalized spacial score (nSPS) is 17.1. The maximum absolute atomic E-state index is 12.4. The summed E-state index contributed by atoms with van der Waals surface area (Å²) in [4.78, 5) is 12.4. The number of amides is 1. The zero-order valence-electron chi connectivity index (χ0n) is 11.2. The highest BCUT2D eigenvalue weighted by Crippen LogP contribution is 2.26. The number of hydrogen-bond donors (Lipinski definition) is 2. The van der Waals surface area contributed by atoms with Crippen molar-refractivity contribution in [2.75, 3.05) is 5.32 Å². The Morgan fingerprint density at radius 3 is 2.71 bits per heavy atom. The molecule has 1 heterocycles. The van der Waals surface area contributed by atoms with Gasteiger partial charge in [0.25, 0.3) is 0 Å². The van der Waals surface area contributed by atoms with Crippen molar-refractivity contribution in [1.29, 1.82) is 0 Å². The maximum atomic E-state index is 12.4. The lowest BCUT2D eigenvalue weighted by Gasteiger charge is -2.25. The van der Waals surface area contributed by atoms with Gasteiger partial charge in [-0.05, 0) is 35.7 Å². The van der Waals surface area contributed by atoms with Crippen molar-refractivity contribution in [3.8, 4) is 0 Å². The Kier molecular flexibility index (Phi) is 4.15. The van der Waals surface area contributed by atoms with Gasteiger partial charge in [0, 0.05) is 11.6 Å². The first-order chi connectivity index (χ1) is 10.1. The summed E-state index contributed by atoms with van der Waals surface area (Å²) < 4.78 is 0. The van der Waals surface area contributed by atoms with Crippen molar-refractivity contribution in [3.63, 3.8) is 0 Å². The number of carbonyl (C=O) groups is 1. The second kappa shape index (κ2) is 6.06. The van der Waals surface area contributed by atoms with Crippen molar-refractivity contribution in [2.24, 2.45) is 0 Å². The second-order valence-corrected chi connectivity index (χ2v) is 5.86. The molecule has 2 aromatic carbocycles. The van der Waals surface area contributed by atoms with E-state index in [1.54, 1.807) is 18.2 Å². The van der Waals surface area contributed by atoms with E-state index >= 15 is 0 Å². The Labute approximate surface area is 133 Å². The third-order valence-electron chi connectivity index (χ3n) is 3.58. The van der Waals surface area contributed by atoms with Gasteiger partial charge in [0.1, 0.15) is 0 Å². The van der Waals surface area contributed by atoms with Crippen LogP contribution in [0.5, 0.6) is 0 Å². The van der Waals surface area contributed by atoms with E-state index in [2.05, 4.69) is 22.8 Å². The maximum Gasteiger partial charge on any atom is 0.241 e. The zero-order valence-corrected chi connectivity index (χ0v) is 12.7. The molecule has 0 saturated carbocycles. The van der Waals surface area contributed by atoms with Gasteiger partial charge in [-0.1, -0.05) is 47.5 Å². The molecule has 0 radical (unpaired) electrons. The van der Waals surface area contributed by atoms with E-state index in [9.17, 15) is 4.79 Å². The Morgan fingerprint density at radius 2 is 1.90 bits per heavy atom. The minimum atomic E-state index is -0.269. The van der Waals surface area contributed by atoms with E-state index in [4.69, 9.17) is 23.2 Å². The molecule has 1 aliphatic heterocycles. The lowest BCUT2D eigenvalue weighted by atomic mass is 9.95. The van der Waals surface area contributed by atoms with Gasteiger partial charge in [0.15, 0.2) is 0 Å². The Balaban J connectivity index is 1.74. The molecule has 0 fully saturated rings. The quantitative estimate of drug-likeness (QED) is 0.886. The third kappa shape index (κ3) is 3.21. The number of carbonyl (C=O) groups excluding carboxylic acids is 1. The van der Waals surface area contributed by atoms with Crippen LogP contribution >= 0.6 is 23.2 Å². The molecule has 3 nitrogen and oxygen atoms in total. The Bertz CT molecular complexity index is 688. The molecule has 1 aliphatic rings. The zero-order chi connectivity index (χ0) is 14.8. The van der Waals surface area contributed by atoms with E-state index in [0.717, 1.165) is 0 Å². The first-order valence-corrected chi connectivity index (χ1v) is 7.45.